The molecular weight excluding hydrogens is 348 g/mol. The van der Waals surface area contributed by atoms with E-state index in [-0.39, 0.29) is 17.8 Å². The van der Waals surface area contributed by atoms with Gasteiger partial charge in [-0.2, -0.15) is 0 Å². The maximum Gasteiger partial charge on any atom is 0.287 e. The molecule has 0 radical (unpaired) electrons. The van der Waals surface area contributed by atoms with E-state index in [0.717, 1.165) is 5.56 Å². The SMILES string of the molecule is NC(=O)C(=O)[C@H](Cc1ccccc1)NC(=O)c1nonc1-c1ccccc1. The molecule has 8 nitrogen and oxygen atoms in total. The van der Waals surface area contributed by atoms with Crippen molar-refractivity contribution in [2.45, 2.75) is 12.5 Å². The van der Waals surface area contributed by atoms with E-state index in [2.05, 4.69) is 15.6 Å². The summed E-state index contributed by atoms with van der Waals surface area (Å²) >= 11 is 0. The number of benzene rings is 2. The zero-order valence-electron chi connectivity index (χ0n) is 14.2. The summed E-state index contributed by atoms with van der Waals surface area (Å²) in [6, 6.07) is 16.7. The molecule has 0 spiro atoms. The van der Waals surface area contributed by atoms with Crippen LogP contribution in [0.4, 0.5) is 0 Å². The van der Waals surface area contributed by atoms with Gasteiger partial charge in [-0.15, -0.1) is 0 Å². The summed E-state index contributed by atoms with van der Waals surface area (Å²) in [6.45, 7) is 0. The summed E-state index contributed by atoms with van der Waals surface area (Å²) in [4.78, 5) is 36.2. The van der Waals surface area contributed by atoms with Crippen molar-refractivity contribution in [1.29, 1.82) is 0 Å². The number of nitrogens with zero attached hydrogens (tertiary/aromatic N) is 2. The molecule has 0 fully saturated rings. The van der Waals surface area contributed by atoms with E-state index in [1.165, 1.54) is 0 Å². The first-order valence-corrected chi connectivity index (χ1v) is 8.12. The standard InChI is InChI=1S/C19H16N4O4/c20-18(25)17(24)14(11-12-7-3-1-4-8-12)21-19(26)16-15(22-27-23-16)13-9-5-2-6-10-13/h1-10,14H,11H2,(H2,20,25)(H,21,26)/t14-/m0/s1. The average Bonchev–Trinajstić information content (AvgIpc) is 3.18. The van der Waals surface area contributed by atoms with Gasteiger partial charge in [0.05, 0.1) is 0 Å². The van der Waals surface area contributed by atoms with Gasteiger partial charge in [0, 0.05) is 12.0 Å². The van der Waals surface area contributed by atoms with Gasteiger partial charge >= 0.3 is 0 Å². The molecule has 0 saturated heterocycles. The summed E-state index contributed by atoms with van der Waals surface area (Å²) in [5.41, 5.74) is 6.66. The fourth-order valence-corrected chi connectivity index (χ4v) is 2.58. The zero-order valence-corrected chi connectivity index (χ0v) is 14.2. The number of amides is 2. The van der Waals surface area contributed by atoms with Crippen LogP contribution in [0, 0.1) is 0 Å². The lowest BCUT2D eigenvalue weighted by molar-refractivity contribution is -0.137. The molecule has 0 saturated carbocycles. The first-order valence-electron chi connectivity index (χ1n) is 8.12. The van der Waals surface area contributed by atoms with Gasteiger partial charge in [0.15, 0.2) is 5.69 Å². The first kappa shape index (κ1) is 18.0. The maximum absolute atomic E-state index is 12.6. The van der Waals surface area contributed by atoms with Crippen LogP contribution in [0.2, 0.25) is 0 Å². The summed E-state index contributed by atoms with van der Waals surface area (Å²) in [5.74, 6) is -2.71. The molecule has 0 unspecified atom stereocenters. The Labute approximate surface area is 154 Å². The molecule has 0 bridgehead atoms. The highest BCUT2D eigenvalue weighted by Crippen LogP contribution is 2.20. The number of aromatic nitrogens is 2. The Morgan fingerprint density at radius 3 is 2.22 bits per heavy atom. The van der Waals surface area contributed by atoms with Crippen molar-refractivity contribution >= 4 is 17.6 Å². The Morgan fingerprint density at radius 1 is 0.963 bits per heavy atom. The first-order chi connectivity index (χ1) is 13.1. The highest BCUT2D eigenvalue weighted by atomic mass is 16.6. The summed E-state index contributed by atoms with van der Waals surface area (Å²) in [5, 5.41) is 9.89. The average molecular weight is 364 g/mol. The lowest BCUT2D eigenvalue weighted by Crippen LogP contribution is -2.47. The van der Waals surface area contributed by atoms with E-state index in [9.17, 15) is 14.4 Å². The van der Waals surface area contributed by atoms with Crippen LogP contribution < -0.4 is 11.1 Å². The number of rotatable bonds is 7. The highest BCUT2D eigenvalue weighted by molar-refractivity contribution is 6.38. The third kappa shape index (κ3) is 4.24. The van der Waals surface area contributed by atoms with E-state index in [0.29, 0.717) is 5.56 Å². The van der Waals surface area contributed by atoms with E-state index in [4.69, 9.17) is 10.4 Å². The Kier molecular flexibility index (Phi) is 5.36. The fraction of sp³-hybridized carbons (Fsp3) is 0.105. The van der Waals surface area contributed by atoms with Gasteiger partial charge in [-0.05, 0) is 15.9 Å². The van der Waals surface area contributed by atoms with Crippen LogP contribution in [-0.2, 0) is 16.0 Å². The molecule has 2 aromatic carbocycles. The lowest BCUT2D eigenvalue weighted by Gasteiger charge is -2.15. The summed E-state index contributed by atoms with van der Waals surface area (Å²) in [7, 11) is 0. The highest BCUT2D eigenvalue weighted by Gasteiger charge is 2.28. The maximum atomic E-state index is 12.6. The predicted octanol–water partition coefficient (Wildman–Crippen LogP) is 1.13. The number of hydrogen-bond acceptors (Lipinski definition) is 6. The predicted molar refractivity (Wildman–Crippen MR) is 95.3 cm³/mol. The van der Waals surface area contributed by atoms with Crippen molar-refractivity contribution in [3.63, 3.8) is 0 Å². The van der Waals surface area contributed by atoms with Gasteiger partial charge in [0.1, 0.15) is 11.7 Å². The van der Waals surface area contributed by atoms with E-state index >= 15 is 0 Å². The van der Waals surface area contributed by atoms with Crippen LogP contribution in [0.25, 0.3) is 11.3 Å². The molecule has 2 amide bonds. The Balaban J connectivity index is 1.84. The Morgan fingerprint density at radius 2 is 1.59 bits per heavy atom. The lowest BCUT2D eigenvalue weighted by atomic mass is 10.0. The topological polar surface area (TPSA) is 128 Å². The number of carbonyl (C=O) groups is 3. The number of nitrogens with two attached hydrogens (primary N) is 1. The van der Waals surface area contributed by atoms with Gasteiger partial charge in [-0.25, -0.2) is 4.63 Å². The molecule has 8 heteroatoms. The van der Waals surface area contributed by atoms with Crippen LogP contribution in [0.3, 0.4) is 0 Å². The molecule has 136 valence electrons. The van der Waals surface area contributed by atoms with Crippen LogP contribution in [0.1, 0.15) is 16.1 Å². The van der Waals surface area contributed by atoms with E-state index in [1.807, 2.05) is 12.1 Å². The number of primary amides is 1. The van der Waals surface area contributed by atoms with Gasteiger partial charge in [0.2, 0.25) is 5.78 Å². The normalized spacial score (nSPS) is 11.6. The molecule has 3 N–H and O–H groups in total. The molecule has 0 aliphatic heterocycles. The third-order valence-corrected chi connectivity index (χ3v) is 3.90. The van der Waals surface area contributed by atoms with Crippen LogP contribution in [0.5, 0.6) is 0 Å². The quantitative estimate of drug-likeness (QED) is 0.605. The second kappa shape index (κ2) is 8.05. The fourth-order valence-electron chi connectivity index (χ4n) is 2.58. The van der Waals surface area contributed by atoms with Crippen molar-refractivity contribution in [3.8, 4) is 11.3 Å². The van der Waals surface area contributed by atoms with Gasteiger partial charge in [0.25, 0.3) is 11.8 Å². The molecule has 1 atom stereocenters. The van der Waals surface area contributed by atoms with Gasteiger partial charge in [-0.1, -0.05) is 60.7 Å². The van der Waals surface area contributed by atoms with Crippen molar-refractivity contribution < 1.29 is 19.0 Å². The van der Waals surface area contributed by atoms with Crippen molar-refractivity contribution in [1.82, 2.24) is 15.6 Å². The summed E-state index contributed by atoms with van der Waals surface area (Å²) in [6.07, 6.45) is 0.111. The monoisotopic (exact) mass is 364 g/mol. The molecule has 27 heavy (non-hydrogen) atoms. The molecule has 1 aromatic heterocycles. The summed E-state index contributed by atoms with van der Waals surface area (Å²) < 4.78 is 4.69. The molecule has 0 aliphatic carbocycles. The molecule has 1 heterocycles. The molecular formula is C19H16N4O4. The smallest absolute Gasteiger partial charge is 0.287 e. The number of carbonyl (C=O) groups excluding carboxylic acids is 3. The molecule has 0 aliphatic rings. The molecule has 3 rings (SSSR count). The van der Waals surface area contributed by atoms with Crippen LogP contribution in [-0.4, -0.2) is 34.0 Å². The zero-order chi connectivity index (χ0) is 19.2. The van der Waals surface area contributed by atoms with Crippen LogP contribution >= 0.6 is 0 Å². The number of ketones is 1. The minimum Gasteiger partial charge on any atom is -0.363 e. The van der Waals surface area contributed by atoms with Crippen LogP contribution in [0.15, 0.2) is 65.3 Å². The van der Waals surface area contributed by atoms with Gasteiger partial charge in [-0.3, -0.25) is 14.4 Å². The van der Waals surface area contributed by atoms with E-state index < -0.39 is 23.6 Å². The van der Waals surface area contributed by atoms with E-state index in [1.54, 1.807) is 48.5 Å². The van der Waals surface area contributed by atoms with Gasteiger partial charge < -0.3 is 11.1 Å². The molecule has 3 aromatic rings. The number of hydrogen-bond donors (Lipinski definition) is 2. The van der Waals surface area contributed by atoms with Crippen molar-refractivity contribution in [3.05, 3.63) is 71.9 Å². The van der Waals surface area contributed by atoms with Crippen molar-refractivity contribution in [2.24, 2.45) is 5.73 Å². The Hall–Kier alpha value is -3.81. The number of Topliss-reactive ketones (excluding diaryl/α,β-unsaturated/α-hetero) is 1. The largest absolute Gasteiger partial charge is 0.363 e. The second-order valence-corrected chi connectivity index (χ2v) is 5.77. The minimum absolute atomic E-state index is 0.0865. The number of nitrogens with one attached hydrogen (secondary N) is 1. The van der Waals surface area contributed by atoms with Crippen molar-refractivity contribution in [2.75, 3.05) is 0 Å². The minimum atomic E-state index is -1.13. The Bertz CT molecular complexity index is 954. The third-order valence-electron chi connectivity index (χ3n) is 3.90. The second-order valence-electron chi connectivity index (χ2n) is 5.77.